The fraction of sp³-hybridized carbons (Fsp3) is 0.333. The van der Waals surface area contributed by atoms with E-state index in [1.165, 1.54) is 0 Å². The number of carbonyl (C=O) groups excluding carboxylic acids is 2. The zero-order valence-corrected chi connectivity index (χ0v) is 10.2. The third-order valence-electron chi connectivity index (χ3n) is 2.29. The minimum absolute atomic E-state index is 0.173. The van der Waals surface area contributed by atoms with Gasteiger partial charge in [-0.2, -0.15) is 0 Å². The second kappa shape index (κ2) is 6.73. The molecule has 0 bridgehead atoms. The molecule has 5 N–H and O–H groups in total. The van der Waals surface area contributed by atoms with E-state index in [0.29, 0.717) is 12.3 Å². The van der Waals surface area contributed by atoms with Crippen LogP contribution < -0.4 is 16.8 Å². The van der Waals surface area contributed by atoms with Gasteiger partial charge in [0.05, 0.1) is 19.1 Å². The second-order valence-electron chi connectivity index (χ2n) is 3.90. The van der Waals surface area contributed by atoms with Gasteiger partial charge in [-0.1, -0.05) is 12.1 Å². The Morgan fingerprint density at radius 1 is 1.33 bits per heavy atom. The lowest BCUT2D eigenvalue weighted by Crippen LogP contribution is -2.38. The van der Waals surface area contributed by atoms with Gasteiger partial charge in [0.1, 0.15) is 0 Å². The number of methoxy groups -OCH3 is 1. The van der Waals surface area contributed by atoms with E-state index in [1.54, 1.807) is 19.2 Å². The van der Waals surface area contributed by atoms with Crippen LogP contribution in [0.15, 0.2) is 24.3 Å². The number of carbonyl (C=O) groups is 2. The minimum atomic E-state index is -0.929. The summed E-state index contributed by atoms with van der Waals surface area (Å²) in [4.78, 5) is 22.2. The van der Waals surface area contributed by atoms with E-state index in [1.807, 2.05) is 12.1 Å². The first-order valence-electron chi connectivity index (χ1n) is 5.45. The molecule has 98 valence electrons. The molecule has 0 saturated heterocycles. The fourth-order valence-corrected chi connectivity index (χ4v) is 1.40. The van der Waals surface area contributed by atoms with E-state index in [0.717, 1.165) is 5.56 Å². The van der Waals surface area contributed by atoms with Gasteiger partial charge in [0.15, 0.2) is 0 Å². The van der Waals surface area contributed by atoms with Crippen LogP contribution in [0.3, 0.4) is 0 Å². The van der Waals surface area contributed by atoms with Crippen molar-refractivity contribution in [2.75, 3.05) is 12.4 Å². The lowest BCUT2D eigenvalue weighted by Gasteiger charge is -2.10. The maximum atomic E-state index is 11.6. The van der Waals surface area contributed by atoms with Gasteiger partial charge < -0.3 is 21.5 Å². The summed E-state index contributed by atoms with van der Waals surface area (Å²) in [6.07, 6.45) is -0.173. The van der Waals surface area contributed by atoms with Crippen molar-refractivity contribution >= 4 is 17.5 Å². The van der Waals surface area contributed by atoms with E-state index >= 15 is 0 Å². The predicted octanol–water partition coefficient (Wildman–Crippen LogP) is -0.0258. The first-order valence-corrected chi connectivity index (χ1v) is 5.45. The van der Waals surface area contributed by atoms with E-state index in [-0.39, 0.29) is 6.42 Å². The zero-order valence-electron chi connectivity index (χ0n) is 10.2. The van der Waals surface area contributed by atoms with E-state index < -0.39 is 17.9 Å². The number of nitrogens with two attached hydrogens (primary N) is 2. The molecule has 6 nitrogen and oxygen atoms in total. The molecule has 0 spiro atoms. The quantitative estimate of drug-likeness (QED) is 0.660. The van der Waals surface area contributed by atoms with Crippen LogP contribution in [0.1, 0.15) is 12.0 Å². The molecule has 0 aliphatic rings. The number of amides is 2. The first-order chi connectivity index (χ1) is 8.52. The molecular weight excluding hydrogens is 234 g/mol. The standard InChI is InChI=1S/C12H17N3O3/c1-18-7-8-2-4-9(5-3-8)15-12(17)10(13)6-11(14)16/h2-5,10H,6-7,13H2,1H3,(H2,14,16)(H,15,17). The van der Waals surface area contributed by atoms with Gasteiger partial charge in [0.25, 0.3) is 0 Å². The maximum Gasteiger partial charge on any atom is 0.241 e. The largest absolute Gasteiger partial charge is 0.380 e. The van der Waals surface area contributed by atoms with Crippen molar-refractivity contribution in [3.8, 4) is 0 Å². The molecule has 0 saturated carbocycles. The van der Waals surface area contributed by atoms with Gasteiger partial charge in [-0.15, -0.1) is 0 Å². The summed E-state index contributed by atoms with van der Waals surface area (Å²) in [7, 11) is 1.61. The van der Waals surface area contributed by atoms with Crippen molar-refractivity contribution in [2.24, 2.45) is 11.5 Å². The third-order valence-corrected chi connectivity index (χ3v) is 2.29. The van der Waals surface area contributed by atoms with Crippen molar-refractivity contribution in [2.45, 2.75) is 19.1 Å². The highest BCUT2D eigenvalue weighted by Crippen LogP contribution is 2.10. The first kappa shape index (κ1) is 14.1. The molecule has 0 fully saturated rings. The van der Waals surface area contributed by atoms with Crippen LogP contribution in [-0.2, 0) is 20.9 Å². The summed E-state index contributed by atoms with van der Waals surface area (Å²) in [6, 6.07) is 6.21. The summed E-state index contributed by atoms with van der Waals surface area (Å²) >= 11 is 0. The second-order valence-corrected chi connectivity index (χ2v) is 3.90. The van der Waals surface area contributed by atoms with Crippen molar-refractivity contribution in [3.05, 3.63) is 29.8 Å². The number of benzene rings is 1. The normalized spacial score (nSPS) is 11.9. The number of anilines is 1. The summed E-state index contributed by atoms with van der Waals surface area (Å²) in [5.41, 5.74) is 12.1. The molecule has 1 atom stereocenters. The molecule has 1 aromatic rings. The van der Waals surface area contributed by atoms with Crippen molar-refractivity contribution in [1.29, 1.82) is 0 Å². The molecule has 0 aliphatic heterocycles. The smallest absolute Gasteiger partial charge is 0.241 e. The molecule has 1 aromatic carbocycles. The molecular formula is C12H17N3O3. The van der Waals surface area contributed by atoms with Gasteiger partial charge in [-0.3, -0.25) is 9.59 Å². The van der Waals surface area contributed by atoms with E-state index in [9.17, 15) is 9.59 Å². The molecule has 6 heteroatoms. The molecule has 0 aromatic heterocycles. The molecule has 1 unspecified atom stereocenters. The molecule has 0 radical (unpaired) electrons. The Morgan fingerprint density at radius 2 is 1.94 bits per heavy atom. The Kier molecular flexibility index (Phi) is 5.29. The molecule has 2 amide bonds. The number of hydrogen-bond donors (Lipinski definition) is 3. The Morgan fingerprint density at radius 3 is 2.44 bits per heavy atom. The summed E-state index contributed by atoms with van der Waals surface area (Å²) in [5.74, 6) is -1.04. The van der Waals surface area contributed by atoms with Gasteiger partial charge in [0, 0.05) is 12.8 Å². The van der Waals surface area contributed by atoms with Crippen LogP contribution in [0, 0.1) is 0 Å². The molecule has 0 heterocycles. The summed E-state index contributed by atoms with van der Waals surface area (Å²) in [5, 5.41) is 2.60. The van der Waals surface area contributed by atoms with Crippen LogP contribution in [-0.4, -0.2) is 25.0 Å². The lowest BCUT2D eigenvalue weighted by molar-refractivity contribution is -0.123. The Balaban J connectivity index is 2.56. The van der Waals surface area contributed by atoms with Gasteiger partial charge in [-0.05, 0) is 17.7 Å². The van der Waals surface area contributed by atoms with Crippen molar-refractivity contribution in [1.82, 2.24) is 0 Å². The van der Waals surface area contributed by atoms with Crippen LogP contribution in [0.4, 0.5) is 5.69 Å². The summed E-state index contributed by atoms with van der Waals surface area (Å²) in [6.45, 7) is 0.509. The Labute approximate surface area is 105 Å². The topological polar surface area (TPSA) is 107 Å². The van der Waals surface area contributed by atoms with Crippen LogP contribution in [0.5, 0.6) is 0 Å². The monoisotopic (exact) mass is 251 g/mol. The average molecular weight is 251 g/mol. The Bertz CT molecular complexity index is 417. The SMILES string of the molecule is COCc1ccc(NC(=O)C(N)CC(N)=O)cc1. The highest BCUT2D eigenvalue weighted by Gasteiger charge is 2.15. The number of nitrogens with one attached hydrogen (secondary N) is 1. The molecule has 1 rings (SSSR count). The highest BCUT2D eigenvalue weighted by molar-refractivity contribution is 5.97. The fourth-order valence-electron chi connectivity index (χ4n) is 1.40. The number of rotatable bonds is 6. The molecule has 18 heavy (non-hydrogen) atoms. The van der Waals surface area contributed by atoms with Gasteiger partial charge in [-0.25, -0.2) is 0 Å². The Hall–Kier alpha value is -1.92. The number of hydrogen-bond acceptors (Lipinski definition) is 4. The number of ether oxygens (including phenoxy) is 1. The lowest BCUT2D eigenvalue weighted by atomic mass is 10.2. The van der Waals surface area contributed by atoms with Crippen LogP contribution >= 0.6 is 0 Å². The van der Waals surface area contributed by atoms with Crippen molar-refractivity contribution < 1.29 is 14.3 Å². The summed E-state index contributed by atoms with van der Waals surface area (Å²) < 4.78 is 4.97. The minimum Gasteiger partial charge on any atom is -0.380 e. The van der Waals surface area contributed by atoms with Gasteiger partial charge in [0.2, 0.25) is 11.8 Å². The number of primary amides is 1. The third kappa shape index (κ3) is 4.52. The highest BCUT2D eigenvalue weighted by atomic mass is 16.5. The molecule has 0 aliphatic carbocycles. The van der Waals surface area contributed by atoms with Crippen molar-refractivity contribution in [3.63, 3.8) is 0 Å². The van der Waals surface area contributed by atoms with Crippen LogP contribution in [0.2, 0.25) is 0 Å². The van der Waals surface area contributed by atoms with Crippen LogP contribution in [0.25, 0.3) is 0 Å². The predicted molar refractivity (Wildman–Crippen MR) is 67.6 cm³/mol. The average Bonchev–Trinajstić information content (AvgIpc) is 2.31. The zero-order chi connectivity index (χ0) is 13.5. The maximum absolute atomic E-state index is 11.6. The van der Waals surface area contributed by atoms with Gasteiger partial charge >= 0.3 is 0 Å². The van der Waals surface area contributed by atoms with E-state index in [2.05, 4.69) is 5.32 Å². The van der Waals surface area contributed by atoms with E-state index in [4.69, 9.17) is 16.2 Å².